The molecule has 1 aliphatic rings. The Morgan fingerprint density at radius 1 is 1.45 bits per heavy atom. The van der Waals surface area contributed by atoms with Gasteiger partial charge in [0.25, 0.3) is 0 Å². The van der Waals surface area contributed by atoms with Crippen LogP contribution in [-0.4, -0.2) is 54.3 Å². The third-order valence-electron chi connectivity index (χ3n) is 3.45. The van der Waals surface area contributed by atoms with Crippen LogP contribution >= 0.6 is 11.9 Å². The van der Waals surface area contributed by atoms with Crippen LogP contribution in [0, 0.1) is 4.91 Å². The Kier molecular flexibility index (Phi) is 6.41. The number of rotatable bonds is 6. The average molecular weight is 303 g/mol. The van der Waals surface area contributed by atoms with E-state index in [9.17, 15) is 14.5 Å². The molecule has 0 aromatic rings. The second kappa shape index (κ2) is 7.58. The maximum absolute atomic E-state index is 12.1. The molecule has 1 heterocycles. The first-order valence-electron chi connectivity index (χ1n) is 6.58. The largest absolute Gasteiger partial charge is 0.464 e. The lowest BCUT2D eigenvalue weighted by atomic mass is 9.88. The molecule has 1 fully saturated rings. The average Bonchev–Trinajstić information content (AvgIpc) is 2.39. The Balaban J connectivity index is 2.99. The van der Waals surface area contributed by atoms with Crippen molar-refractivity contribution in [2.24, 2.45) is 4.58 Å². The van der Waals surface area contributed by atoms with Crippen molar-refractivity contribution in [3.8, 4) is 0 Å². The molecule has 0 aromatic heterocycles. The normalized spacial score (nSPS) is 19.9. The highest BCUT2D eigenvalue weighted by Crippen LogP contribution is 2.40. The molecule has 0 spiro atoms. The van der Waals surface area contributed by atoms with Crippen molar-refractivity contribution in [3.05, 3.63) is 4.91 Å². The summed E-state index contributed by atoms with van der Waals surface area (Å²) >= 11 is 0.833. The van der Waals surface area contributed by atoms with Crippen molar-refractivity contribution in [1.29, 1.82) is 0 Å². The summed E-state index contributed by atoms with van der Waals surface area (Å²) in [5.41, 5.74) is 0. The highest BCUT2D eigenvalue weighted by molar-refractivity contribution is 7.99. The van der Waals surface area contributed by atoms with E-state index in [1.54, 1.807) is 6.92 Å². The molecule has 20 heavy (non-hydrogen) atoms. The maximum Gasteiger partial charge on any atom is 0.330 e. The molecule has 1 aliphatic heterocycles. The summed E-state index contributed by atoms with van der Waals surface area (Å²) in [6.45, 7) is 4.74. The van der Waals surface area contributed by atoms with E-state index in [0.717, 1.165) is 25.0 Å². The van der Waals surface area contributed by atoms with Gasteiger partial charge in [0.1, 0.15) is 6.04 Å². The lowest BCUT2D eigenvalue weighted by Gasteiger charge is -2.41. The van der Waals surface area contributed by atoms with E-state index in [-0.39, 0.29) is 12.5 Å². The second-order valence-electron chi connectivity index (χ2n) is 4.92. The number of hydrogen-bond donors (Lipinski definition) is 1. The Morgan fingerprint density at radius 2 is 2.05 bits per heavy atom. The number of carbonyl (C=O) groups excluding carboxylic acids is 2. The molecule has 0 aromatic carbocycles. The van der Waals surface area contributed by atoms with Gasteiger partial charge < -0.3 is 15.0 Å². The van der Waals surface area contributed by atoms with Crippen LogP contribution in [0.2, 0.25) is 0 Å². The number of ether oxygens (including phenoxy) is 1. The third-order valence-corrected chi connectivity index (χ3v) is 4.53. The van der Waals surface area contributed by atoms with Crippen molar-refractivity contribution < 1.29 is 14.3 Å². The fourth-order valence-corrected chi connectivity index (χ4v) is 3.11. The van der Waals surface area contributed by atoms with Crippen molar-refractivity contribution >= 4 is 23.8 Å². The maximum atomic E-state index is 12.1. The zero-order chi connectivity index (χ0) is 15.2. The van der Waals surface area contributed by atoms with E-state index in [1.807, 2.05) is 7.05 Å². The second-order valence-corrected chi connectivity index (χ2v) is 6.06. The van der Waals surface area contributed by atoms with Crippen LogP contribution in [0.3, 0.4) is 0 Å². The van der Waals surface area contributed by atoms with E-state index in [4.69, 9.17) is 4.74 Å². The van der Waals surface area contributed by atoms with Gasteiger partial charge in [-0.3, -0.25) is 4.79 Å². The first-order valence-corrected chi connectivity index (χ1v) is 7.35. The Labute approximate surface area is 122 Å². The Hall–Kier alpha value is -1.15. The summed E-state index contributed by atoms with van der Waals surface area (Å²) in [5, 5.41) is 2.62. The highest BCUT2D eigenvalue weighted by Gasteiger charge is 2.47. The van der Waals surface area contributed by atoms with Gasteiger partial charge in [0.05, 0.1) is 11.4 Å². The van der Waals surface area contributed by atoms with Gasteiger partial charge in [-0.15, -0.1) is 4.91 Å². The van der Waals surface area contributed by atoms with E-state index in [1.165, 1.54) is 6.92 Å². The molecule has 114 valence electrons. The predicted octanol–water partition coefficient (Wildman–Crippen LogP) is 0.933. The molecule has 1 atom stereocenters. The molecular weight excluding hydrogens is 282 g/mol. The first-order chi connectivity index (χ1) is 9.45. The summed E-state index contributed by atoms with van der Waals surface area (Å²) in [7, 11) is 1.97. The third kappa shape index (κ3) is 4.17. The summed E-state index contributed by atoms with van der Waals surface area (Å²) in [4.78, 5) is 36.4. The number of esters is 1. The molecular formula is C12H21N3O4S. The zero-order valence-corrected chi connectivity index (χ0v) is 12.9. The number of nitroso groups, excluding NO2 is 1. The van der Waals surface area contributed by atoms with Gasteiger partial charge >= 0.3 is 5.97 Å². The number of likely N-dealkylation sites (tertiary alicyclic amines) is 1. The monoisotopic (exact) mass is 303 g/mol. The molecule has 0 saturated carbocycles. The fourth-order valence-electron chi connectivity index (χ4n) is 2.34. The zero-order valence-electron chi connectivity index (χ0n) is 12.0. The molecule has 8 heteroatoms. The molecule has 1 saturated heterocycles. The van der Waals surface area contributed by atoms with E-state index < -0.39 is 16.8 Å². The van der Waals surface area contributed by atoms with Gasteiger partial charge in [0.15, 0.2) is 0 Å². The van der Waals surface area contributed by atoms with Crippen LogP contribution < -0.4 is 5.32 Å². The number of nitrogens with zero attached hydrogens (tertiary/aromatic N) is 2. The van der Waals surface area contributed by atoms with Gasteiger partial charge in [0.2, 0.25) is 5.91 Å². The lowest BCUT2D eigenvalue weighted by molar-refractivity contribution is -0.148. The van der Waals surface area contributed by atoms with Crippen LogP contribution in [0.5, 0.6) is 0 Å². The van der Waals surface area contributed by atoms with Crippen LogP contribution in [0.25, 0.3) is 0 Å². The molecule has 0 aliphatic carbocycles. The van der Waals surface area contributed by atoms with Crippen molar-refractivity contribution in [2.75, 3.05) is 26.7 Å². The quantitative estimate of drug-likeness (QED) is 0.446. The molecule has 7 nitrogen and oxygen atoms in total. The van der Waals surface area contributed by atoms with Crippen molar-refractivity contribution in [3.63, 3.8) is 0 Å². The number of piperidine rings is 1. The molecule has 1 unspecified atom stereocenters. The summed E-state index contributed by atoms with van der Waals surface area (Å²) in [5.74, 6) is -0.837. The summed E-state index contributed by atoms with van der Waals surface area (Å²) < 4.78 is 7.22. The summed E-state index contributed by atoms with van der Waals surface area (Å²) in [6.07, 6.45) is 1.17. The minimum absolute atomic E-state index is 0.226. The van der Waals surface area contributed by atoms with Crippen molar-refractivity contribution in [1.82, 2.24) is 10.2 Å². The molecule has 0 radical (unpaired) electrons. The van der Waals surface area contributed by atoms with Crippen LogP contribution in [0.15, 0.2) is 4.58 Å². The number of carbonyl (C=O) groups is 2. The van der Waals surface area contributed by atoms with Crippen LogP contribution in [-0.2, 0) is 14.3 Å². The van der Waals surface area contributed by atoms with Crippen molar-refractivity contribution in [2.45, 2.75) is 37.5 Å². The Bertz CT molecular complexity index is 370. The standard InChI is InChI=1S/C12H21N3O4S/c1-4-19-11(17)10(13-9(2)16)12(20-14-18)5-7-15(3)8-6-12/h10H,4-8H2,1-3H3,(H,13,16). The molecule has 1 amide bonds. The van der Waals surface area contributed by atoms with Gasteiger partial charge in [-0.05, 0) is 39.9 Å². The van der Waals surface area contributed by atoms with Crippen LogP contribution in [0.4, 0.5) is 0 Å². The lowest BCUT2D eigenvalue weighted by Crippen LogP contribution is -2.58. The SMILES string of the molecule is CCOC(=O)C(NC(C)=O)C1(SN=O)CCN(C)CC1. The summed E-state index contributed by atoms with van der Waals surface area (Å²) in [6, 6.07) is -0.851. The highest BCUT2D eigenvalue weighted by atomic mass is 32.2. The number of nitrogens with one attached hydrogen (secondary N) is 1. The number of amides is 1. The fraction of sp³-hybridized carbons (Fsp3) is 0.833. The van der Waals surface area contributed by atoms with E-state index in [2.05, 4.69) is 14.8 Å². The first kappa shape index (κ1) is 16.9. The van der Waals surface area contributed by atoms with E-state index in [0.29, 0.717) is 12.8 Å². The van der Waals surface area contributed by atoms with Gasteiger partial charge in [-0.25, -0.2) is 4.79 Å². The van der Waals surface area contributed by atoms with Gasteiger partial charge in [0, 0.05) is 23.5 Å². The van der Waals surface area contributed by atoms with Gasteiger partial charge in [-0.2, -0.15) is 0 Å². The van der Waals surface area contributed by atoms with Gasteiger partial charge in [-0.1, -0.05) is 0 Å². The van der Waals surface area contributed by atoms with Crippen LogP contribution in [0.1, 0.15) is 26.7 Å². The predicted molar refractivity (Wildman–Crippen MR) is 77.1 cm³/mol. The molecule has 1 N–H and O–H groups in total. The molecule has 1 rings (SSSR count). The minimum Gasteiger partial charge on any atom is -0.464 e. The van der Waals surface area contributed by atoms with E-state index >= 15 is 0 Å². The number of hydrogen-bond acceptors (Lipinski definition) is 7. The topological polar surface area (TPSA) is 88.1 Å². The smallest absolute Gasteiger partial charge is 0.330 e. The Morgan fingerprint density at radius 3 is 2.50 bits per heavy atom. The minimum atomic E-state index is -0.851. The molecule has 0 bridgehead atoms.